The third kappa shape index (κ3) is 7.33. The van der Waals surface area contributed by atoms with Gasteiger partial charge in [-0.25, -0.2) is 0 Å². The van der Waals surface area contributed by atoms with E-state index in [1.165, 1.54) is 167 Å². The van der Waals surface area contributed by atoms with Crippen LogP contribution in [0.1, 0.15) is 217 Å². The average Bonchev–Trinajstić information content (AvgIpc) is 2.18. The van der Waals surface area contributed by atoms with Crippen LogP contribution in [0.4, 0.5) is 34.1 Å². The third-order valence-corrected chi connectivity index (χ3v) is 21.6. The number of nitrogens with zero attached hydrogens (tertiary/aromatic N) is 2. The summed E-state index contributed by atoms with van der Waals surface area (Å²) < 4.78 is 0. The Labute approximate surface area is 470 Å². The molecule has 2 nitrogen and oxygen atoms in total. The Morgan fingerprint density at radius 3 is 1.29 bits per heavy atom. The molecule has 13 rings (SSSR count). The summed E-state index contributed by atoms with van der Waals surface area (Å²) in [6.45, 7) is 46.8. The predicted octanol–water partition coefficient (Wildman–Crippen LogP) is 18.7. The van der Waals surface area contributed by atoms with Crippen molar-refractivity contribution < 1.29 is 0 Å². The molecule has 2 heterocycles. The first kappa shape index (κ1) is 51.6. The normalized spacial score (nSPS) is 20.6. The standard InChI is InChI=1S/C75H87BN2/c1-44-33-48(68(3,4)5)25-26-61(44)77-64-43-58-56(72(12,13)30-32-74(58,16)17)41-60(64)76-59-40-52-50(49-37-54-55(39-51(49)75(52,18)19)71(10,11)29-28-70(54,8)9)38-63(59)78(66-36-47(35-65(77)67(66)76)46-23-21-20-22-24-46)62-42-57-53(34-45(62)2)69(6,7)27-31-73(57,14)15/h20-26,33-43H,27-32H2,1-19H3. The van der Waals surface area contributed by atoms with Crippen molar-refractivity contribution in [2.75, 3.05) is 9.80 Å². The van der Waals surface area contributed by atoms with Crippen LogP contribution in [0.25, 0.3) is 22.3 Å². The lowest BCUT2D eigenvalue weighted by atomic mass is 9.32. The number of fused-ring (bicyclic) bond motifs is 10. The van der Waals surface area contributed by atoms with Crippen molar-refractivity contribution in [1.29, 1.82) is 0 Å². The molecule has 0 spiro atoms. The minimum Gasteiger partial charge on any atom is -0.311 e. The van der Waals surface area contributed by atoms with Gasteiger partial charge in [0.15, 0.2) is 0 Å². The SMILES string of the molecule is Cc1cc(C(C)(C)C)ccc1N1c2cc3c(cc2B2c4cc5c(cc4N(c4cc6c(cc4C)C(C)(C)CCC6(C)C)c4cc(-c6ccccc6)cc1c42)-c1cc2c(cc1C5(C)C)C(C)(C)CCC2(C)C)C(C)(C)CCC3(C)C. The average molecular weight is 1030 g/mol. The van der Waals surface area contributed by atoms with E-state index in [1.807, 2.05) is 0 Å². The minimum absolute atomic E-state index is 0.0122. The molecule has 0 aromatic heterocycles. The summed E-state index contributed by atoms with van der Waals surface area (Å²) in [5.41, 5.74) is 33.7. The van der Waals surface area contributed by atoms with Gasteiger partial charge >= 0.3 is 0 Å². The minimum atomic E-state index is -0.202. The maximum Gasteiger partial charge on any atom is 0.252 e. The van der Waals surface area contributed by atoms with Gasteiger partial charge in [-0.3, -0.25) is 0 Å². The van der Waals surface area contributed by atoms with Crippen LogP contribution in [0.2, 0.25) is 0 Å². The molecule has 2 aliphatic heterocycles. The van der Waals surface area contributed by atoms with Gasteiger partial charge in [-0.15, -0.1) is 0 Å². The number of hydrogen-bond acceptors (Lipinski definition) is 2. The van der Waals surface area contributed by atoms with E-state index >= 15 is 0 Å². The number of hydrogen-bond donors (Lipinski definition) is 0. The second-order valence-electron chi connectivity index (χ2n) is 31.1. The van der Waals surface area contributed by atoms with Crippen LogP contribution in [-0.2, 0) is 43.3 Å². The Morgan fingerprint density at radius 2 is 0.769 bits per heavy atom. The second kappa shape index (κ2) is 16.2. The monoisotopic (exact) mass is 1030 g/mol. The largest absolute Gasteiger partial charge is 0.311 e. The van der Waals surface area contributed by atoms with Crippen LogP contribution < -0.4 is 26.2 Å². The van der Waals surface area contributed by atoms with Gasteiger partial charge < -0.3 is 9.80 Å². The third-order valence-electron chi connectivity index (χ3n) is 21.6. The van der Waals surface area contributed by atoms with Crippen molar-refractivity contribution in [3.05, 3.63) is 170 Å². The van der Waals surface area contributed by atoms with Crippen LogP contribution in [-0.4, -0.2) is 6.71 Å². The van der Waals surface area contributed by atoms with Gasteiger partial charge in [0, 0.05) is 39.5 Å². The highest BCUT2D eigenvalue weighted by molar-refractivity contribution is 7.00. The smallest absolute Gasteiger partial charge is 0.252 e. The van der Waals surface area contributed by atoms with Crippen molar-refractivity contribution in [2.45, 2.75) is 213 Å². The molecule has 400 valence electrons. The van der Waals surface area contributed by atoms with Crippen LogP contribution in [0.3, 0.4) is 0 Å². The maximum atomic E-state index is 2.78. The van der Waals surface area contributed by atoms with E-state index in [1.54, 1.807) is 5.56 Å². The van der Waals surface area contributed by atoms with Gasteiger partial charge in [0.05, 0.1) is 0 Å². The molecule has 0 radical (unpaired) electrons. The van der Waals surface area contributed by atoms with Crippen LogP contribution >= 0.6 is 0 Å². The van der Waals surface area contributed by atoms with Gasteiger partial charge in [0.1, 0.15) is 0 Å². The first-order chi connectivity index (χ1) is 36.3. The first-order valence-corrected chi connectivity index (χ1v) is 30.0. The quantitative estimate of drug-likeness (QED) is 0.163. The van der Waals surface area contributed by atoms with Crippen LogP contribution in [0.15, 0.2) is 109 Å². The summed E-state index contributed by atoms with van der Waals surface area (Å²) in [5.74, 6) is 0. The van der Waals surface area contributed by atoms with Crippen molar-refractivity contribution in [3.8, 4) is 22.3 Å². The molecular weight excluding hydrogens is 940 g/mol. The summed E-state index contributed by atoms with van der Waals surface area (Å²) in [6.07, 6.45) is 7.10. The van der Waals surface area contributed by atoms with Gasteiger partial charge in [-0.05, 0) is 233 Å². The maximum absolute atomic E-state index is 2.78. The molecule has 7 aromatic rings. The predicted molar refractivity (Wildman–Crippen MR) is 337 cm³/mol. The van der Waals surface area contributed by atoms with E-state index in [9.17, 15) is 0 Å². The molecule has 3 heteroatoms. The summed E-state index contributed by atoms with van der Waals surface area (Å²) >= 11 is 0. The molecule has 0 amide bonds. The van der Waals surface area contributed by atoms with Gasteiger partial charge in [0.2, 0.25) is 0 Å². The van der Waals surface area contributed by atoms with Crippen molar-refractivity contribution in [1.82, 2.24) is 0 Å². The number of aryl methyl sites for hydroxylation is 2. The van der Waals surface area contributed by atoms with Crippen molar-refractivity contribution in [2.24, 2.45) is 0 Å². The van der Waals surface area contributed by atoms with E-state index in [4.69, 9.17) is 0 Å². The number of benzene rings is 7. The Hall–Kier alpha value is -5.80. The fourth-order valence-electron chi connectivity index (χ4n) is 16.0. The van der Waals surface area contributed by atoms with Crippen LogP contribution in [0, 0.1) is 13.8 Å². The first-order valence-electron chi connectivity index (χ1n) is 30.0. The molecule has 0 unspecified atom stereocenters. The highest BCUT2D eigenvalue weighted by Gasteiger charge is 2.50. The zero-order valence-electron chi connectivity index (χ0n) is 51.1. The van der Waals surface area contributed by atoms with Crippen LogP contribution in [0.5, 0.6) is 0 Å². The summed E-state index contributed by atoms with van der Waals surface area (Å²) in [7, 11) is 0. The van der Waals surface area contributed by atoms with Gasteiger partial charge in [0.25, 0.3) is 6.71 Å². The van der Waals surface area contributed by atoms with Crippen molar-refractivity contribution >= 4 is 57.2 Å². The zero-order chi connectivity index (χ0) is 55.6. The molecule has 78 heavy (non-hydrogen) atoms. The fraction of sp³-hybridized carbons (Fsp3) is 0.440. The van der Waals surface area contributed by atoms with Gasteiger partial charge in [-0.2, -0.15) is 0 Å². The van der Waals surface area contributed by atoms with Gasteiger partial charge in [-0.1, -0.05) is 184 Å². The zero-order valence-corrected chi connectivity index (χ0v) is 51.1. The van der Waals surface area contributed by atoms with E-state index < -0.39 is 0 Å². The van der Waals surface area contributed by atoms with E-state index in [0.717, 1.165) is 0 Å². The van der Waals surface area contributed by atoms with E-state index in [0.29, 0.717) is 0 Å². The topological polar surface area (TPSA) is 6.48 Å². The molecule has 0 bridgehead atoms. The summed E-state index contributed by atoms with van der Waals surface area (Å²) in [4.78, 5) is 5.51. The Morgan fingerprint density at radius 1 is 0.359 bits per heavy atom. The molecule has 0 N–H and O–H groups in total. The molecule has 0 saturated heterocycles. The highest BCUT2D eigenvalue weighted by Crippen LogP contribution is 2.58. The Kier molecular flexibility index (Phi) is 10.7. The Balaban J connectivity index is 1.19. The lowest BCUT2D eigenvalue weighted by molar-refractivity contribution is 0.331. The molecule has 0 atom stereocenters. The molecule has 0 fully saturated rings. The van der Waals surface area contributed by atoms with E-state index in [-0.39, 0.29) is 50.0 Å². The lowest BCUT2D eigenvalue weighted by Crippen LogP contribution is -2.62. The lowest BCUT2D eigenvalue weighted by Gasteiger charge is -2.48. The molecule has 7 aromatic carbocycles. The fourth-order valence-corrected chi connectivity index (χ4v) is 16.0. The number of rotatable bonds is 3. The number of anilines is 6. The summed E-state index contributed by atoms with van der Waals surface area (Å²) in [5, 5.41) is 0. The highest BCUT2D eigenvalue weighted by atomic mass is 15.2. The van der Waals surface area contributed by atoms with Crippen molar-refractivity contribution in [3.63, 3.8) is 0 Å². The van der Waals surface area contributed by atoms with E-state index in [2.05, 4.69) is 251 Å². The Bertz CT molecular complexity index is 3730. The summed E-state index contributed by atoms with van der Waals surface area (Å²) in [6, 6.07) is 45.2. The molecular formula is C75H87BN2. The second-order valence-corrected chi connectivity index (χ2v) is 31.1. The molecule has 4 aliphatic carbocycles. The molecule has 6 aliphatic rings. The molecule has 0 saturated carbocycles.